The van der Waals surface area contributed by atoms with Crippen LogP contribution < -0.4 is 10.1 Å². The van der Waals surface area contributed by atoms with Crippen LogP contribution in [0.2, 0.25) is 5.02 Å². The summed E-state index contributed by atoms with van der Waals surface area (Å²) in [6, 6.07) is 14.7. The first kappa shape index (κ1) is 18.3. The van der Waals surface area contributed by atoms with Crippen LogP contribution in [0.25, 0.3) is 0 Å². The van der Waals surface area contributed by atoms with Crippen LogP contribution in [0.5, 0.6) is 5.75 Å². The van der Waals surface area contributed by atoms with Gasteiger partial charge in [0.2, 0.25) is 0 Å². The van der Waals surface area contributed by atoms with Gasteiger partial charge in [-0.15, -0.1) is 0 Å². The van der Waals surface area contributed by atoms with E-state index in [2.05, 4.69) is 5.32 Å². The van der Waals surface area contributed by atoms with E-state index in [0.717, 1.165) is 6.42 Å². The van der Waals surface area contributed by atoms with E-state index < -0.39 is 0 Å². The zero-order valence-corrected chi connectivity index (χ0v) is 15.5. The lowest BCUT2D eigenvalue weighted by molar-refractivity contribution is -0.130. The van der Waals surface area contributed by atoms with Gasteiger partial charge in [0, 0.05) is 31.1 Å². The molecule has 3 rings (SSSR count). The van der Waals surface area contributed by atoms with Crippen molar-refractivity contribution in [3.63, 3.8) is 0 Å². The standard InChI is InChI=1S/C20H21ClN2O3/c1-23(2)19(24)12-26-18-6-4-3-5-15(18)20(25)22-17-11-16(17)13-7-9-14(21)10-8-13/h3-10,16-17H,11-12H2,1-2H3,(H,22,25)/t16-,17+/m0/s1. The summed E-state index contributed by atoms with van der Waals surface area (Å²) in [6.07, 6.45) is 0.898. The third-order valence-electron chi connectivity index (χ3n) is 4.39. The van der Waals surface area contributed by atoms with E-state index in [9.17, 15) is 9.59 Å². The smallest absolute Gasteiger partial charge is 0.259 e. The summed E-state index contributed by atoms with van der Waals surface area (Å²) in [6.45, 7) is -0.103. The summed E-state index contributed by atoms with van der Waals surface area (Å²) in [5.41, 5.74) is 1.60. The van der Waals surface area contributed by atoms with Crippen molar-refractivity contribution >= 4 is 23.4 Å². The van der Waals surface area contributed by atoms with Gasteiger partial charge < -0.3 is 15.0 Å². The zero-order chi connectivity index (χ0) is 18.7. The number of halogens is 1. The highest BCUT2D eigenvalue weighted by Gasteiger charge is 2.39. The summed E-state index contributed by atoms with van der Waals surface area (Å²) in [5.74, 6) is 0.355. The molecule has 0 unspecified atom stereocenters. The van der Waals surface area contributed by atoms with Crippen molar-refractivity contribution in [1.29, 1.82) is 0 Å². The van der Waals surface area contributed by atoms with Crippen LogP contribution >= 0.6 is 11.6 Å². The lowest BCUT2D eigenvalue weighted by Crippen LogP contribution is -2.29. The lowest BCUT2D eigenvalue weighted by Gasteiger charge is -2.14. The molecule has 2 aromatic rings. The van der Waals surface area contributed by atoms with Gasteiger partial charge in [-0.2, -0.15) is 0 Å². The van der Waals surface area contributed by atoms with Crippen molar-refractivity contribution in [1.82, 2.24) is 10.2 Å². The Kier molecular flexibility index (Phi) is 5.47. The van der Waals surface area contributed by atoms with Gasteiger partial charge in [0.05, 0.1) is 5.56 Å². The van der Waals surface area contributed by atoms with E-state index in [1.807, 2.05) is 24.3 Å². The van der Waals surface area contributed by atoms with Crippen molar-refractivity contribution in [2.75, 3.05) is 20.7 Å². The van der Waals surface area contributed by atoms with Gasteiger partial charge in [0.15, 0.2) is 6.61 Å². The summed E-state index contributed by atoms with van der Waals surface area (Å²) in [4.78, 5) is 25.8. The number of hydrogen-bond acceptors (Lipinski definition) is 3. The van der Waals surface area contributed by atoms with Crippen molar-refractivity contribution in [2.24, 2.45) is 0 Å². The minimum Gasteiger partial charge on any atom is -0.483 e. The fourth-order valence-electron chi connectivity index (χ4n) is 2.73. The van der Waals surface area contributed by atoms with Crippen LogP contribution in [0, 0.1) is 0 Å². The molecular weight excluding hydrogens is 352 g/mol. The average Bonchev–Trinajstić information content (AvgIpc) is 3.39. The molecule has 2 amide bonds. The molecule has 0 heterocycles. The molecular formula is C20H21ClN2O3. The molecule has 0 aromatic heterocycles. The highest BCUT2D eigenvalue weighted by atomic mass is 35.5. The van der Waals surface area contributed by atoms with Crippen LogP contribution in [0.1, 0.15) is 28.3 Å². The summed E-state index contributed by atoms with van der Waals surface area (Å²) < 4.78 is 5.54. The molecule has 1 fully saturated rings. The second-order valence-corrected chi connectivity index (χ2v) is 6.98. The predicted octanol–water partition coefficient (Wildman–Crippen LogP) is 3.09. The highest BCUT2D eigenvalue weighted by Crippen LogP contribution is 2.41. The highest BCUT2D eigenvalue weighted by molar-refractivity contribution is 6.30. The molecule has 26 heavy (non-hydrogen) atoms. The molecule has 2 aromatic carbocycles. The molecule has 5 nitrogen and oxygen atoms in total. The van der Waals surface area contributed by atoms with Crippen molar-refractivity contribution in [3.8, 4) is 5.75 Å². The Labute approximate surface area is 157 Å². The number of nitrogens with one attached hydrogen (secondary N) is 1. The first-order valence-electron chi connectivity index (χ1n) is 8.44. The minimum atomic E-state index is -0.195. The molecule has 0 spiro atoms. The van der Waals surface area contributed by atoms with Gasteiger partial charge in [0.1, 0.15) is 5.75 Å². The van der Waals surface area contributed by atoms with Crippen LogP contribution in [0.15, 0.2) is 48.5 Å². The Balaban J connectivity index is 1.62. The van der Waals surface area contributed by atoms with Crippen LogP contribution in [-0.2, 0) is 4.79 Å². The molecule has 0 bridgehead atoms. The molecule has 0 aliphatic heterocycles. The topological polar surface area (TPSA) is 58.6 Å². The van der Waals surface area contributed by atoms with E-state index in [-0.39, 0.29) is 24.5 Å². The summed E-state index contributed by atoms with van der Waals surface area (Å²) >= 11 is 5.92. The van der Waals surface area contributed by atoms with Gasteiger partial charge in [-0.25, -0.2) is 0 Å². The maximum atomic E-state index is 12.6. The average molecular weight is 373 g/mol. The van der Waals surface area contributed by atoms with E-state index in [1.54, 1.807) is 38.4 Å². The van der Waals surface area contributed by atoms with Crippen LogP contribution in [0.4, 0.5) is 0 Å². The molecule has 6 heteroatoms. The number of nitrogens with zero attached hydrogens (tertiary/aromatic N) is 1. The number of carbonyl (C=O) groups is 2. The quantitative estimate of drug-likeness (QED) is 0.847. The van der Waals surface area contributed by atoms with E-state index in [0.29, 0.717) is 22.3 Å². The Morgan fingerprint density at radius 3 is 2.54 bits per heavy atom. The molecule has 1 N–H and O–H groups in total. The predicted molar refractivity (Wildman–Crippen MR) is 101 cm³/mol. The third kappa shape index (κ3) is 4.35. The third-order valence-corrected chi connectivity index (χ3v) is 4.64. The molecule has 1 aliphatic carbocycles. The SMILES string of the molecule is CN(C)C(=O)COc1ccccc1C(=O)N[C@@H]1C[C@H]1c1ccc(Cl)cc1. The molecule has 0 saturated heterocycles. The van der Waals surface area contributed by atoms with Crippen LogP contribution in [-0.4, -0.2) is 43.5 Å². The Hall–Kier alpha value is -2.53. The molecule has 136 valence electrons. The number of benzene rings is 2. The van der Waals surface area contributed by atoms with Crippen molar-refractivity contribution in [3.05, 3.63) is 64.7 Å². The maximum absolute atomic E-state index is 12.6. The second kappa shape index (κ2) is 7.79. The summed E-state index contributed by atoms with van der Waals surface area (Å²) in [5, 5.41) is 3.74. The van der Waals surface area contributed by atoms with Gasteiger partial charge in [-0.05, 0) is 36.2 Å². The minimum absolute atomic E-state index is 0.0974. The number of likely N-dealkylation sites (N-methyl/N-ethyl adjacent to an activating group) is 1. The van der Waals surface area contributed by atoms with Gasteiger partial charge in [-0.1, -0.05) is 35.9 Å². The maximum Gasteiger partial charge on any atom is 0.259 e. The number of para-hydroxylation sites is 1. The zero-order valence-electron chi connectivity index (χ0n) is 14.7. The molecule has 0 radical (unpaired) electrons. The lowest BCUT2D eigenvalue weighted by atomic mass is 10.1. The van der Waals surface area contributed by atoms with E-state index >= 15 is 0 Å². The molecule has 2 atom stereocenters. The van der Waals surface area contributed by atoms with Gasteiger partial charge >= 0.3 is 0 Å². The molecule has 1 aliphatic rings. The normalized spacial score (nSPS) is 18.1. The first-order chi connectivity index (χ1) is 12.5. The van der Waals surface area contributed by atoms with Gasteiger partial charge in [-0.3, -0.25) is 9.59 Å². The number of rotatable bonds is 6. The first-order valence-corrected chi connectivity index (χ1v) is 8.82. The Morgan fingerprint density at radius 2 is 1.85 bits per heavy atom. The second-order valence-electron chi connectivity index (χ2n) is 6.55. The van der Waals surface area contributed by atoms with Crippen molar-refractivity contribution in [2.45, 2.75) is 18.4 Å². The fraction of sp³-hybridized carbons (Fsp3) is 0.300. The van der Waals surface area contributed by atoms with Gasteiger partial charge in [0.25, 0.3) is 11.8 Å². The van der Waals surface area contributed by atoms with E-state index in [4.69, 9.17) is 16.3 Å². The number of ether oxygens (including phenoxy) is 1. The Morgan fingerprint density at radius 1 is 1.15 bits per heavy atom. The number of amides is 2. The fourth-order valence-corrected chi connectivity index (χ4v) is 2.85. The monoisotopic (exact) mass is 372 g/mol. The number of carbonyl (C=O) groups excluding carboxylic acids is 2. The summed E-state index contributed by atoms with van der Waals surface area (Å²) in [7, 11) is 3.32. The number of hydrogen-bond donors (Lipinski definition) is 1. The van der Waals surface area contributed by atoms with Crippen molar-refractivity contribution < 1.29 is 14.3 Å². The largest absolute Gasteiger partial charge is 0.483 e. The molecule has 1 saturated carbocycles. The van der Waals surface area contributed by atoms with Crippen LogP contribution in [0.3, 0.4) is 0 Å². The Bertz CT molecular complexity index is 805. The van der Waals surface area contributed by atoms with E-state index in [1.165, 1.54) is 10.5 Å².